The molecule has 0 atom stereocenters. The maximum atomic E-state index is 12.2. The third-order valence-corrected chi connectivity index (χ3v) is 4.48. The summed E-state index contributed by atoms with van der Waals surface area (Å²) in [6, 6.07) is 10.4. The standard InChI is InChI=1S/C19H19ClN4O3/c1-11-18(12(2)24(3)23-11)22-17(25)10-21-19(26)16-9-8-15(27-16)13-6-4-5-7-14(13)20/h4-9H,10H2,1-3H3,(H,21,26)(H,22,25). The molecule has 2 aromatic heterocycles. The van der Waals surface area contributed by atoms with Crippen molar-refractivity contribution in [2.45, 2.75) is 13.8 Å². The molecule has 2 heterocycles. The highest BCUT2D eigenvalue weighted by Crippen LogP contribution is 2.29. The third kappa shape index (κ3) is 4.03. The molecule has 1 aromatic carbocycles. The molecule has 7 nitrogen and oxygen atoms in total. The van der Waals surface area contributed by atoms with E-state index in [1.165, 1.54) is 0 Å². The van der Waals surface area contributed by atoms with Gasteiger partial charge < -0.3 is 15.1 Å². The Morgan fingerprint density at radius 2 is 1.93 bits per heavy atom. The van der Waals surface area contributed by atoms with E-state index in [1.54, 1.807) is 42.9 Å². The molecular formula is C19H19ClN4O3. The number of rotatable bonds is 5. The van der Waals surface area contributed by atoms with Gasteiger partial charge in [0.15, 0.2) is 5.76 Å². The van der Waals surface area contributed by atoms with Crippen molar-refractivity contribution >= 4 is 29.1 Å². The van der Waals surface area contributed by atoms with E-state index in [0.717, 1.165) is 5.69 Å². The minimum atomic E-state index is -0.483. The van der Waals surface area contributed by atoms with Gasteiger partial charge in [0, 0.05) is 12.6 Å². The van der Waals surface area contributed by atoms with Crippen LogP contribution in [0, 0.1) is 13.8 Å². The summed E-state index contributed by atoms with van der Waals surface area (Å²) in [5.41, 5.74) is 2.89. The van der Waals surface area contributed by atoms with Crippen LogP contribution in [-0.4, -0.2) is 28.1 Å². The van der Waals surface area contributed by atoms with E-state index in [-0.39, 0.29) is 18.2 Å². The summed E-state index contributed by atoms with van der Waals surface area (Å²) in [7, 11) is 1.80. The second-order valence-electron chi connectivity index (χ2n) is 6.04. The van der Waals surface area contributed by atoms with Gasteiger partial charge in [0.05, 0.1) is 28.6 Å². The normalized spacial score (nSPS) is 10.7. The minimum Gasteiger partial charge on any atom is -0.451 e. The Morgan fingerprint density at radius 1 is 1.19 bits per heavy atom. The highest BCUT2D eigenvalue weighted by molar-refractivity contribution is 6.33. The molecule has 0 saturated heterocycles. The lowest BCUT2D eigenvalue weighted by Crippen LogP contribution is -2.32. The number of benzene rings is 1. The minimum absolute atomic E-state index is 0.103. The highest BCUT2D eigenvalue weighted by atomic mass is 35.5. The fraction of sp³-hybridized carbons (Fsp3) is 0.211. The summed E-state index contributed by atoms with van der Waals surface area (Å²) in [5.74, 6) is -0.244. The maximum absolute atomic E-state index is 12.2. The SMILES string of the molecule is Cc1nn(C)c(C)c1NC(=O)CNC(=O)c1ccc(-c2ccccc2Cl)o1. The van der Waals surface area contributed by atoms with Crippen LogP contribution in [0.2, 0.25) is 5.02 Å². The zero-order chi connectivity index (χ0) is 19.6. The van der Waals surface area contributed by atoms with Crippen molar-refractivity contribution in [2.24, 2.45) is 7.05 Å². The van der Waals surface area contributed by atoms with E-state index in [1.807, 2.05) is 19.1 Å². The van der Waals surface area contributed by atoms with E-state index in [0.29, 0.717) is 27.7 Å². The van der Waals surface area contributed by atoms with Crippen molar-refractivity contribution < 1.29 is 14.0 Å². The van der Waals surface area contributed by atoms with Crippen LogP contribution in [0.15, 0.2) is 40.8 Å². The van der Waals surface area contributed by atoms with Gasteiger partial charge in [0.1, 0.15) is 5.76 Å². The lowest BCUT2D eigenvalue weighted by atomic mass is 10.2. The first-order chi connectivity index (χ1) is 12.9. The number of halogens is 1. The van der Waals surface area contributed by atoms with Crippen LogP contribution >= 0.6 is 11.6 Å². The van der Waals surface area contributed by atoms with Crippen molar-refractivity contribution in [3.8, 4) is 11.3 Å². The van der Waals surface area contributed by atoms with Gasteiger partial charge in [-0.1, -0.05) is 23.7 Å². The highest BCUT2D eigenvalue weighted by Gasteiger charge is 2.16. The second-order valence-corrected chi connectivity index (χ2v) is 6.45. The van der Waals surface area contributed by atoms with Gasteiger partial charge in [-0.25, -0.2) is 0 Å². The number of aryl methyl sites for hydroxylation is 2. The smallest absolute Gasteiger partial charge is 0.287 e. The van der Waals surface area contributed by atoms with Crippen molar-refractivity contribution in [2.75, 3.05) is 11.9 Å². The number of nitrogens with one attached hydrogen (secondary N) is 2. The number of hydrogen-bond acceptors (Lipinski definition) is 4. The van der Waals surface area contributed by atoms with Gasteiger partial charge in [-0.3, -0.25) is 14.3 Å². The van der Waals surface area contributed by atoms with Crippen LogP contribution in [0.3, 0.4) is 0 Å². The van der Waals surface area contributed by atoms with Gasteiger partial charge in [0.2, 0.25) is 5.91 Å². The first-order valence-corrected chi connectivity index (χ1v) is 8.67. The fourth-order valence-electron chi connectivity index (χ4n) is 2.65. The molecule has 8 heteroatoms. The summed E-state index contributed by atoms with van der Waals surface area (Å²) in [5, 5.41) is 10.1. The number of carbonyl (C=O) groups is 2. The molecule has 2 N–H and O–H groups in total. The summed E-state index contributed by atoms with van der Waals surface area (Å²) < 4.78 is 7.25. The van der Waals surface area contributed by atoms with Crippen LogP contribution < -0.4 is 10.6 Å². The quantitative estimate of drug-likeness (QED) is 0.704. The molecule has 2 amide bonds. The van der Waals surface area contributed by atoms with Crippen LogP contribution in [0.4, 0.5) is 5.69 Å². The molecule has 0 aliphatic rings. The number of carbonyl (C=O) groups excluding carboxylic acids is 2. The molecular weight excluding hydrogens is 368 g/mol. The number of anilines is 1. The second kappa shape index (κ2) is 7.67. The number of nitrogens with zero attached hydrogens (tertiary/aromatic N) is 2. The van der Waals surface area contributed by atoms with Crippen molar-refractivity contribution in [1.82, 2.24) is 15.1 Å². The number of aromatic nitrogens is 2. The molecule has 0 spiro atoms. The molecule has 3 rings (SSSR count). The zero-order valence-electron chi connectivity index (χ0n) is 15.2. The molecule has 0 saturated carbocycles. The Bertz CT molecular complexity index is 1010. The Kier molecular flexibility index (Phi) is 5.32. The largest absolute Gasteiger partial charge is 0.451 e. The molecule has 3 aromatic rings. The predicted molar refractivity (Wildman–Crippen MR) is 103 cm³/mol. The predicted octanol–water partition coefficient (Wildman–Crippen LogP) is 3.32. The van der Waals surface area contributed by atoms with Crippen LogP contribution in [0.5, 0.6) is 0 Å². The van der Waals surface area contributed by atoms with E-state index < -0.39 is 5.91 Å². The zero-order valence-corrected chi connectivity index (χ0v) is 15.9. The van der Waals surface area contributed by atoms with Crippen molar-refractivity contribution in [3.63, 3.8) is 0 Å². The first-order valence-electron chi connectivity index (χ1n) is 8.30. The van der Waals surface area contributed by atoms with Gasteiger partial charge in [-0.15, -0.1) is 0 Å². The lowest BCUT2D eigenvalue weighted by molar-refractivity contribution is -0.115. The average molecular weight is 387 g/mol. The Labute approximate surface area is 161 Å². The third-order valence-electron chi connectivity index (χ3n) is 4.15. The molecule has 0 aliphatic heterocycles. The first kappa shape index (κ1) is 18.7. The lowest BCUT2D eigenvalue weighted by Gasteiger charge is -2.06. The van der Waals surface area contributed by atoms with E-state index in [9.17, 15) is 9.59 Å². The number of furan rings is 1. The Morgan fingerprint density at radius 3 is 2.59 bits per heavy atom. The summed E-state index contributed by atoms with van der Waals surface area (Å²) in [4.78, 5) is 24.4. The molecule has 0 bridgehead atoms. The molecule has 0 radical (unpaired) electrons. The summed E-state index contributed by atoms with van der Waals surface area (Å²) >= 11 is 6.13. The number of hydrogen-bond donors (Lipinski definition) is 2. The van der Waals surface area contributed by atoms with Crippen LogP contribution in [0.25, 0.3) is 11.3 Å². The van der Waals surface area contributed by atoms with E-state index >= 15 is 0 Å². The monoisotopic (exact) mass is 386 g/mol. The van der Waals surface area contributed by atoms with Crippen LogP contribution in [0.1, 0.15) is 21.9 Å². The van der Waals surface area contributed by atoms with Crippen molar-refractivity contribution in [1.29, 1.82) is 0 Å². The summed E-state index contributed by atoms with van der Waals surface area (Å²) in [6.45, 7) is 3.47. The molecule has 0 fully saturated rings. The molecule has 0 unspecified atom stereocenters. The van der Waals surface area contributed by atoms with Gasteiger partial charge in [0.25, 0.3) is 5.91 Å². The van der Waals surface area contributed by atoms with Crippen LogP contribution in [-0.2, 0) is 11.8 Å². The summed E-state index contributed by atoms with van der Waals surface area (Å²) in [6.07, 6.45) is 0. The fourth-order valence-corrected chi connectivity index (χ4v) is 2.88. The van der Waals surface area contributed by atoms with Gasteiger partial charge >= 0.3 is 0 Å². The van der Waals surface area contributed by atoms with Crippen molar-refractivity contribution in [3.05, 3.63) is 58.6 Å². The van der Waals surface area contributed by atoms with Gasteiger partial charge in [-0.05, 0) is 38.1 Å². The van der Waals surface area contributed by atoms with E-state index in [4.69, 9.17) is 16.0 Å². The maximum Gasteiger partial charge on any atom is 0.287 e. The molecule has 27 heavy (non-hydrogen) atoms. The topological polar surface area (TPSA) is 89.2 Å². The molecule has 0 aliphatic carbocycles. The van der Waals surface area contributed by atoms with E-state index in [2.05, 4.69) is 15.7 Å². The molecule has 140 valence electrons. The number of amides is 2. The average Bonchev–Trinajstić information content (AvgIpc) is 3.21. The van der Waals surface area contributed by atoms with Gasteiger partial charge in [-0.2, -0.15) is 5.10 Å². The Balaban J connectivity index is 1.61. The Hall–Kier alpha value is -3.06.